The van der Waals surface area contributed by atoms with E-state index in [0.717, 1.165) is 31.6 Å². The van der Waals surface area contributed by atoms with E-state index >= 15 is 0 Å². The summed E-state index contributed by atoms with van der Waals surface area (Å²) in [6, 6.07) is 0. The van der Waals surface area contributed by atoms with Crippen molar-refractivity contribution in [2.75, 3.05) is 6.61 Å². The summed E-state index contributed by atoms with van der Waals surface area (Å²) in [7, 11) is 0. The molecule has 174 valence electrons. The molecule has 0 radical (unpaired) electrons. The number of hydrogen-bond acceptors (Lipinski definition) is 2. The molecular formula is C28H50O2. The van der Waals surface area contributed by atoms with Gasteiger partial charge in [-0.15, -0.1) is 11.8 Å². The summed E-state index contributed by atoms with van der Waals surface area (Å²) < 4.78 is 5.36. The monoisotopic (exact) mass is 418 g/mol. The second-order valence-electron chi connectivity index (χ2n) is 9.36. The van der Waals surface area contributed by atoms with Gasteiger partial charge in [0.2, 0.25) is 0 Å². The van der Waals surface area contributed by atoms with Gasteiger partial charge in [0, 0.05) is 19.3 Å². The highest BCUT2D eigenvalue weighted by Crippen LogP contribution is 2.34. The maximum absolute atomic E-state index is 11.7. The molecule has 0 aromatic rings. The SMILES string of the molecule is CCCCCCCCC#CCCCCCCCCOC(=O)CCCCCCC1CC1. The molecule has 0 bridgehead atoms. The fraction of sp³-hybridized carbons (Fsp3) is 0.893. The van der Waals surface area contributed by atoms with Gasteiger partial charge in [0.25, 0.3) is 0 Å². The molecule has 0 aliphatic heterocycles. The van der Waals surface area contributed by atoms with Crippen LogP contribution in [0, 0.1) is 17.8 Å². The molecule has 0 aromatic carbocycles. The molecule has 1 saturated carbocycles. The summed E-state index contributed by atoms with van der Waals surface area (Å²) in [6.45, 7) is 2.88. The molecule has 0 spiro atoms. The van der Waals surface area contributed by atoms with Gasteiger partial charge in [0.05, 0.1) is 6.61 Å². The van der Waals surface area contributed by atoms with Gasteiger partial charge in [-0.25, -0.2) is 0 Å². The molecule has 0 amide bonds. The second-order valence-corrected chi connectivity index (χ2v) is 9.36. The third-order valence-electron chi connectivity index (χ3n) is 6.18. The smallest absolute Gasteiger partial charge is 0.305 e. The van der Waals surface area contributed by atoms with E-state index in [1.165, 1.54) is 109 Å². The van der Waals surface area contributed by atoms with Crippen molar-refractivity contribution in [3.05, 3.63) is 0 Å². The first-order valence-corrected chi connectivity index (χ1v) is 13.4. The van der Waals surface area contributed by atoms with Crippen LogP contribution < -0.4 is 0 Å². The van der Waals surface area contributed by atoms with Crippen molar-refractivity contribution in [3.8, 4) is 11.8 Å². The molecule has 2 heteroatoms. The lowest BCUT2D eigenvalue weighted by molar-refractivity contribution is -0.143. The highest BCUT2D eigenvalue weighted by molar-refractivity contribution is 5.69. The normalized spacial score (nSPS) is 13.1. The molecule has 0 unspecified atom stereocenters. The van der Waals surface area contributed by atoms with Crippen molar-refractivity contribution in [1.29, 1.82) is 0 Å². The van der Waals surface area contributed by atoms with Crippen LogP contribution in [0.1, 0.15) is 148 Å². The molecule has 1 fully saturated rings. The van der Waals surface area contributed by atoms with Gasteiger partial charge in [-0.3, -0.25) is 4.79 Å². The largest absolute Gasteiger partial charge is 0.466 e. The van der Waals surface area contributed by atoms with E-state index in [1.54, 1.807) is 0 Å². The van der Waals surface area contributed by atoms with Gasteiger partial charge in [0.1, 0.15) is 0 Å². The molecule has 0 saturated heterocycles. The Hall–Kier alpha value is -0.970. The molecule has 0 N–H and O–H groups in total. The average molecular weight is 419 g/mol. The van der Waals surface area contributed by atoms with Crippen LogP contribution in [0.5, 0.6) is 0 Å². The molecule has 0 aromatic heterocycles. The van der Waals surface area contributed by atoms with Gasteiger partial charge in [-0.2, -0.15) is 0 Å². The van der Waals surface area contributed by atoms with Gasteiger partial charge >= 0.3 is 5.97 Å². The topological polar surface area (TPSA) is 26.3 Å². The summed E-state index contributed by atoms with van der Waals surface area (Å²) >= 11 is 0. The zero-order valence-electron chi connectivity index (χ0n) is 20.2. The van der Waals surface area contributed by atoms with Crippen molar-refractivity contribution in [2.45, 2.75) is 148 Å². The maximum Gasteiger partial charge on any atom is 0.305 e. The van der Waals surface area contributed by atoms with Crippen molar-refractivity contribution >= 4 is 5.97 Å². The molecule has 1 aliphatic rings. The minimum Gasteiger partial charge on any atom is -0.466 e. The quantitative estimate of drug-likeness (QED) is 0.106. The van der Waals surface area contributed by atoms with Crippen LogP contribution in [0.3, 0.4) is 0 Å². The number of carbonyl (C=O) groups is 1. The summed E-state index contributed by atoms with van der Waals surface area (Å²) in [5.41, 5.74) is 0. The summed E-state index contributed by atoms with van der Waals surface area (Å²) in [6.07, 6.45) is 27.3. The van der Waals surface area contributed by atoms with Crippen molar-refractivity contribution in [2.24, 2.45) is 5.92 Å². The van der Waals surface area contributed by atoms with E-state index in [-0.39, 0.29) is 5.97 Å². The maximum atomic E-state index is 11.7. The van der Waals surface area contributed by atoms with Crippen LogP contribution >= 0.6 is 0 Å². The first kappa shape index (κ1) is 27.1. The Morgan fingerprint density at radius 1 is 0.700 bits per heavy atom. The van der Waals surface area contributed by atoms with E-state index in [4.69, 9.17) is 4.74 Å². The molecule has 30 heavy (non-hydrogen) atoms. The lowest BCUT2D eigenvalue weighted by Crippen LogP contribution is -2.05. The van der Waals surface area contributed by atoms with Crippen LogP contribution in [-0.2, 0) is 9.53 Å². The van der Waals surface area contributed by atoms with Gasteiger partial charge in [-0.1, -0.05) is 103 Å². The van der Waals surface area contributed by atoms with Crippen LogP contribution in [0.4, 0.5) is 0 Å². The number of hydrogen-bond donors (Lipinski definition) is 0. The number of esters is 1. The zero-order chi connectivity index (χ0) is 21.5. The third-order valence-corrected chi connectivity index (χ3v) is 6.18. The fourth-order valence-electron chi connectivity index (χ4n) is 3.91. The first-order chi connectivity index (χ1) is 14.8. The Morgan fingerprint density at radius 3 is 1.87 bits per heavy atom. The van der Waals surface area contributed by atoms with Gasteiger partial charge in [0.15, 0.2) is 0 Å². The number of unbranched alkanes of at least 4 members (excludes halogenated alkanes) is 15. The predicted molar refractivity (Wildman–Crippen MR) is 129 cm³/mol. The number of carbonyl (C=O) groups excluding carboxylic acids is 1. The molecule has 1 rings (SSSR count). The van der Waals surface area contributed by atoms with Crippen molar-refractivity contribution in [1.82, 2.24) is 0 Å². The number of ether oxygens (including phenoxy) is 1. The number of rotatable bonds is 21. The summed E-state index contributed by atoms with van der Waals surface area (Å²) in [5, 5.41) is 0. The Morgan fingerprint density at radius 2 is 1.23 bits per heavy atom. The average Bonchev–Trinajstić information content (AvgIpc) is 3.57. The van der Waals surface area contributed by atoms with Crippen molar-refractivity contribution < 1.29 is 9.53 Å². The molecular weight excluding hydrogens is 368 g/mol. The predicted octanol–water partition coefficient (Wildman–Crippen LogP) is 8.76. The van der Waals surface area contributed by atoms with E-state index in [1.807, 2.05) is 0 Å². The van der Waals surface area contributed by atoms with E-state index < -0.39 is 0 Å². The van der Waals surface area contributed by atoms with Gasteiger partial charge < -0.3 is 4.74 Å². The van der Waals surface area contributed by atoms with E-state index in [2.05, 4.69) is 18.8 Å². The Kier molecular flexibility index (Phi) is 19.2. The highest BCUT2D eigenvalue weighted by Gasteiger charge is 2.19. The third kappa shape index (κ3) is 20.3. The lowest BCUT2D eigenvalue weighted by atomic mass is 10.1. The minimum atomic E-state index is 0.0109. The minimum absolute atomic E-state index is 0.0109. The highest BCUT2D eigenvalue weighted by atomic mass is 16.5. The van der Waals surface area contributed by atoms with E-state index in [9.17, 15) is 4.79 Å². The Labute approximate surface area is 188 Å². The van der Waals surface area contributed by atoms with Crippen LogP contribution in [0.15, 0.2) is 0 Å². The summed E-state index contributed by atoms with van der Waals surface area (Å²) in [4.78, 5) is 11.7. The van der Waals surface area contributed by atoms with Crippen LogP contribution in [0.25, 0.3) is 0 Å². The van der Waals surface area contributed by atoms with Crippen LogP contribution in [-0.4, -0.2) is 12.6 Å². The first-order valence-electron chi connectivity index (χ1n) is 13.4. The van der Waals surface area contributed by atoms with E-state index in [0.29, 0.717) is 13.0 Å². The van der Waals surface area contributed by atoms with Crippen LogP contribution in [0.2, 0.25) is 0 Å². The summed E-state index contributed by atoms with van der Waals surface area (Å²) in [5.74, 6) is 7.73. The van der Waals surface area contributed by atoms with Gasteiger partial charge in [-0.05, 0) is 31.6 Å². The molecule has 0 heterocycles. The molecule has 2 nitrogen and oxygen atoms in total. The standard InChI is InChI=1S/C28H50O2/c1-2-3-4-5-6-7-8-9-10-11-12-13-14-15-18-21-26-30-28(29)23-20-17-16-19-22-27-24-25-27/h27H,2-8,11-26H2,1H3. The second kappa shape index (κ2) is 21.3. The van der Waals surface area contributed by atoms with Crippen molar-refractivity contribution in [3.63, 3.8) is 0 Å². The Balaban J connectivity index is 1.70. The molecule has 0 atom stereocenters. The Bertz CT molecular complexity index is 441. The zero-order valence-corrected chi connectivity index (χ0v) is 20.2. The molecule has 1 aliphatic carbocycles. The fourth-order valence-corrected chi connectivity index (χ4v) is 3.91. The lowest BCUT2D eigenvalue weighted by Gasteiger charge is -2.05.